The van der Waals surface area contributed by atoms with E-state index in [1.54, 1.807) is 0 Å². The summed E-state index contributed by atoms with van der Waals surface area (Å²) in [6.45, 7) is 21.8. The highest BCUT2D eigenvalue weighted by molar-refractivity contribution is 6.74. The lowest BCUT2D eigenvalue weighted by Crippen LogP contribution is -2.50. The number of carbonyl (C=O) groups excluding carboxylic acids is 1. The van der Waals surface area contributed by atoms with Crippen LogP contribution in [0.15, 0.2) is 23.3 Å². The fourth-order valence-corrected chi connectivity index (χ4v) is 5.27. The molecule has 136 valence electrons. The Morgan fingerprint density at radius 3 is 2.42 bits per heavy atom. The zero-order valence-corrected chi connectivity index (χ0v) is 18.0. The second-order valence-electron chi connectivity index (χ2n) is 9.89. The van der Waals surface area contributed by atoms with Gasteiger partial charge in [0.1, 0.15) is 6.10 Å². The Morgan fingerprint density at radius 2 is 1.92 bits per heavy atom. The molecule has 0 aliphatic heterocycles. The van der Waals surface area contributed by atoms with Crippen LogP contribution in [0, 0.1) is 11.3 Å². The predicted octanol–water partition coefficient (Wildman–Crippen LogP) is 6.05. The van der Waals surface area contributed by atoms with E-state index in [1.165, 1.54) is 17.6 Å². The third-order valence-corrected chi connectivity index (χ3v) is 11.4. The van der Waals surface area contributed by atoms with Gasteiger partial charge in [0, 0.05) is 0 Å². The van der Waals surface area contributed by atoms with Crippen LogP contribution in [-0.4, -0.2) is 20.2 Å². The summed E-state index contributed by atoms with van der Waals surface area (Å²) in [6.07, 6.45) is 3.94. The molecule has 0 aromatic heterocycles. The molecule has 0 N–H and O–H groups in total. The third-order valence-electron chi connectivity index (χ3n) is 6.91. The molecule has 0 spiro atoms. The van der Waals surface area contributed by atoms with Crippen LogP contribution in [0.5, 0.6) is 0 Å². The first-order valence-electron chi connectivity index (χ1n) is 9.36. The van der Waals surface area contributed by atoms with Crippen molar-refractivity contribution in [2.45, 2.75) is 91.5 Å². The number of hydrogen-bond acceptors (Lipinski definition) is 2. The standard InChI is InChI=1S/C21H36O2Si/c1-14(2)16-10-11-21(7)13-18(19(22)15(3)17(21)12-16)23-24(8,9)20(4,5)6/h16,18H,1,10-13H2,2-9H3. The summed E-state index contributed by atoms with van der Waals surface area (Å²) < 4.78 is 6.55. The highest BCUT2D eigenvalue weighted by Gasteiger charge is 2.48. The van der Waals surface area contributed by atoms with Crippen molar-refractivity contribution in [3.8, 4) is 0 Å². The van der Waals surface area contributed by atoms with E-state index >= 15 is 0 Å². The van der Waals surface area contributed by atoms with Crippen LogP contribution < -0.4 is 0 Å². The molecule has 1 fully saturated rings. The van der Waals surface area contributed by atoms with Gasteiger partial charge in [-0.3, -0.25) is 4.79 Å². The zero-order chi connectivity index (χ0) is 18.5. The summed E-state index contributed by atoms with van der Waals surface area (Å²) in [5, 5.41) is 0.129. The molecule has 2 nitrogen and oxygen atoms in total. The monoisotopic (exact) mass is 348 g/mol. The van der Waals surface area contributed by atoms with Gasteiger partial charge in [-0.15, -0.1) is 0 Å². The van der Waals surface area contributed by atoms with Crippen molar-refractivity contribution in [3.63, 3.8) is 0 Å². The molecule has 0 bridgehead atoms. The molecular weight excluding hydrogens is 312 g/mol. The highest BCUT2D eigenvalue weighted by atomic mass is 28.4. The fraction of sp³-hybridized carbons (Fsp3) is 0.762. The zero-order valence-electron chi connectivity index (χ0n) is 17.0. The van der Waals surface area contributed by atoms with E-state index < -0.39 is 8.32 Å². The molecule has 0 heterocycles. The minimum atomic E-state index is -1.94. The minimum Gasteiger partial charge on any atom is -0.407 e. The second kappa shape index (κ2) is 6.24. The van der Waals surface area contributed by atoms with Gasteiger partial charge in [0.05, 0.1) is 0 Å². The number of allylic oxidation sites excluding steroid dienone is 2. The molecule has 0 radical (unpaired) electrons. The smallest absolute Gasteiger partial charge is 0.193 e. The summed E-state index contributed by atoms with van der Waals surface area (Å²) in [5.74, 6) is 0.767. The minimum absolute atomic E-state index is 0.122. The van der Waals surface area contributed by atoms with Crippen LogP contribution in [0.4, 0.5) is 0 Å². The van der Waals surface area contributed by atoms with Crippen molar-refractivity contribution in [2.75, 3.05) is 0 Å². The Hall–Kier alpha value is -0.673. The number of hydrogen-bond donors (Lipinski definition) is 0. The Balaban J connectivity index is 2.31. The molecule has 3 unspecified atom stereocenters. The lowest BCUT2D eigenvalue weighted by Gasteiger charge is -2.48. The molecule has 3 heteroatoms. The Kier molecular flexibility index (Phi) is 5.11. The first kappa shape index (κ1) is 19.6. The Morgan fingerprint density at radius 1 is 1.33 bits per heavy atom. The number of ketones is 1. The number of rotatable bonds is 3. The maximum absolute atomic E-state index is 13.0. The first-order valence-corrected chi connectivity index (χ1v) is 12.3. The molecule has 0 saturated heterocycles. The molecule has 2 rings (SSSR count). The van der Waals surface area contributed by atoms with Gasteiger partial charge >= 0.3 is 0 Å². The van der Waals surface area contributed by atoms with E-state index in [-0.39, 0.29) is 22.3 Å². The molecule has 0 aromatic carbocycles. The van der Waals surface area contributed by atoms with Gasteiger partial charge < -0.3 is 4.43 Å². The van der Waals surface area contributed by atoms with E-state index in [2.05, 4.69) is 54.3 Å². The van der Waals surface area contributed by atoms with Gasteiger partial charge in [0.2, 0.25) is 0 Å². The topological polar surface area (TPSA) is 26.3 Å². The van der Waals surface area contributed by atoms with E-state index in [0.29, 0.717) is 5.92 Å². The first-order chi connectivity index (χ1) is 10.8. The number of fused-ring (bicyclic) bond motifs is 1. The van der Waals surface area contributed by atoms with Crippen molar-refractivity contribution in [1.82, 2.24) is 0 Å². The largest absolute Gasteiger partial charge is 0.407 e. The number of Topliss-reactive ketones (excluding diaryl/α,β-unsaturated/α-hetero) is 1. The molecule has 24 heavy (non-hydrogen) atoms. The van der Waals surface area contributed by atoms with E-state index in [4.69, 9.17) is 4.43 Å². The summed E-state index contributed by atoms with van der Waals surface area (Å²) in [7, 11) is -1.94. The van der Waals surface area contributed by atoms with Crippen LogP contribution in [0.2, 0.25) is 18.1 Å². The molecule has 2 aliphatic carbocycles. The third kappa shape index (κ3) is 3.48. The second-order valence-corrected chi connectivity index (χ2v) is 14.6. The van der Waals surface area contributed by atoms with Crippen LogP contribution in [0.25, 0.3) is 0 Å². The van der Waals surface area contributed by atoms with Gasteiger partial charge in [-0.2, -0.15) is 0 Å². The lowest BCUT2D eigenvalue weighted by molar-refractivity contribution is -0.125. The van der Waals surface area contributed by atoms with Crippen molar-refractivity contribution in [3.05, 3.63) is 23.3 Å². The normalized spacial score (nSPS) is 31.9. The van der Waals surface area contributed by atoms with Crippen LogP contribution in [-0.2, 0) is 9.22 Å². The van der Waals surface area contributed by atoms with E-state index in [9.17, 15) is 4.79 Å². The van der Waals surface area contributed by atoms with Gasteiger partial charge in [-0.05, 0) is 74.6 Å². The molecule has 0 amide bonds. The molecule has 1 saturated carbocycles. The van der Waals surface area contributed by atoms with E-state index in [1.807, 2.05) is 6.92 Å². The van der Waals surface area contributed by atoms with Crippen molar-refractivity contribution >= 4 is 14.1 Å². The Labute approximate surface area is 149 Å². The van der Waals surface area contributed by atoms with Crippen LogP contribution >= 0.6 is 0 Å². The SMILES string of the molecule is C=C(C)C1CCC2(C)CC(O[Si](C)(C)C(C)(C)C)C(=O)C(C)=C2C1. The van der Waals surface area contributed by atoms with Crippen LogP contribution in [0.3, 0.4) is 0 Å². The van der Waals surface area contributed by atoms with E-state index in [0.717, 1.165) is 24.8 Å². The quantitative estimate of drug-likeness (QED) is 0.458. The summed E-state index contributed by atoms with van der Waals surface area (Å²) in [6, 6.07) is 0. The van der Waals surface area contributed by atoms with Gasteiger partial charge in [-0.1, -0.05) is 45.4 Å². The van der Waals surface area contributed by atoms with Crippen molar-refractivity contribution in [1.29, 1.82) is 0 Å². The summed E-state index contributed by atoms with van der Waals surface area (Å²) >= 11 is 0. The van der Waals surface area contributed by atoms with Gasteiger partial charge in [0.25, 0.3) is 0 Å². The molecule has 3 atom stereocenters. The molecule has 2 aliphatic rings. The van der Waals surface area contributed by atoms with Crippen LogP contribution in [0.1, 0.15) is 67.2 Å². The fourth-order valence-electron chi connectivity index (χ4n) is 4.01. The Bertz CT molecular complexity index is 579. The average Bonchev–Trinajstić information content (AvgIpc) is 2.42. The summed E-state index contributed by atoms with van der Waals surface area (Å²) in [5.41, 5.74) is 3.72. The van der Waals surface area contributed by atoms with Crippen molar-refractivity contribution < 1.29 is 9.22 Å². The highest BCUT2D eigenvalue weighted by Crippen LogP contribution is 2.52. The lowest BCUT2D eigenvalue weighted by atomic mass is 9.60. The maximum atomic E-state index is 13.0. The average molecular weight is 349 g/mol. The summed E-state index contributed by atoms with van der Waals surface area (Å²) in [4.78, 5) is 13.0. The van der Waals surface area contributed by atoms with Gasteiger partial charge in [-0.25, -0.2) is 0 Å². The molecule has 0 aromatic rings. The maximum Gasteiger partial charge on any atom is 0.193 e. The van der Waals surface area contributed by atoms with Gasteiger partial charge in [0.15, 0.2) is 14.1 Å². The predicted molar refractivity (Wildman–Crippen MR) is 105 cm³/mol. The molecular formula is C21H36O2Si. The van der Waals surface area contributed by atoms with Crippen molar-refractivity contribution in [2.24, 2.45) is 11.3 Å². The number of carbonyl (C=O) groups is 1.